The van der Waals surface area contributed by atoms with Gasteiger partial charge in [0.1, 0.15) is 23.1 Å². The van der Waals surface area contributed by atoms with Gasteiger partial charge >= 0.3 is 0 Å². The zero-order valence-corrected chi connectivity index (χ0v) is 23.1. The van der Waals surface area contributed by atoms with Gasteiger partial charge in [0, 0.05) is 41.4 Å². The molecule has 2 heterocycles. The molecule has 8 atom stereocenters. The summed E-state index contributed by atoms with van der Waals surface area (Å²) in [5.41, 5.74) is 0.936. The highest BCUT2D eigenvalue weighted by atomic mass is 16.3. The smallest absolute Gasteiger partial charge is 0.235 e. The van der Waals surface area contributed by atoms with Gasteiger partial charge in [0.2, 0.25) is 5.91 Å². The maximum atomic E-state index is 14.2. The summed E-state index contributed by atoms with van der Waals surface area (Å²) in [5, 5.41) is 14.9. The Labute approximate surface area is 229 Å². The molecule has 2 aromatic rings. The third-order valence-corrected chi connectivity index (χ3v) is 9.54. The van der Waals surface area contributed by atoms with E-state index in [2.05, 4.69) is 10.3 Å². The topological polar surface area (TPSA) is 116 Å². The molecule has 1 spiro atoms. The summed E-state index contributed by atoms with van der Waals surface area (Å²) < 4.78 is 0. The number of ketones is 3. The molecule has 3 aliphatic rings. The maximum absolute atomic E-state index is 14.2. The van der Waals surface area contributed by atoms with E-state index in [1.54, 1.807) is 13.0 Å². The average Bonchev–Trinajstić information content (AvgIpc) is 3.45. The number of H-pyrrole nitrogens is 1. The van der Waals surface area contributed by atoms with Gasteiger partial charge in [-0.05, 0) is 55.2 Å². The standard InChI is InChI=1S/C32H38N2O5/c1-17-8-7-10-23-30(38)20(4)19(3)28-25(15-21-16-33-24-11-6-5-9-22(21)24)34-31(39)32(23,28)27(36)13-12-26(35)29(37)18(2)14-17/h5-7,9-11,14,16-17,19-20,23,25-26,28,33,35H,8,12-13,15H2,1-4H3,(H,34,39). The first kappa shape index (κ1) is 27.3. The molecule has 0 bridgehead atoms. The van der Waals surface area contributed by atoms with Crippen LogP contribution in [0.4, 0.5) is 0 Å². The Morgan fingerprint density at radius 2 is 1.82 bits per heavy atom. The summed E-state index contributed by atoms with van der Waals surface area (Å²) in [4.78, 5) is 58.2. The molecular formula is C32H38N2O5. The molecule has 1 aliphatic heterocycles. The van der Waals surface area contributed by atoms with E-state index in [1.165, 1.54) is 0 Å². The summed E-state index contributed by atoms with van der Waals surface area (Å²) in [6, 6.07) is 7.64. The van der Waals surface area contributed by atoms with Crippen LogP contribution in [0.1, 0.15) is 52.5 Å². The first-order valence-corrected chi connectivity index (χ1v) is 14.1. The summed E-state index contributed by atoms with van der Waals surface area (Å²) in [5.74, 6) is -3.14. The van der Waals surface area contributed by atoms with Crippen LogP contribution < -0.4 is 5.32 Å². The normalized spacial score (nSPS) is 35.9. The molecule has 1 aromatic heterocycles. The molecule has 2 aliphatic carbocycles. The number of hydrogen-bond acceptors (Lipinski definition) is 5. The summed E-state index contributed by atoms with van der Waals surface area (Å²) >= 11 is 0. The van der Waals surface area contributed by atoms with Crippen molar-refractivity contribution in [2.45, 2.75) is 65.5 Å². The average molecular weight is 531 g/mol. The predicted octanol–water partition coefficient (Wildman–Crippen LogP) is 4.10. The van der Waals surface area contributed by atoms with Crippen LogP contribution in [-0.4, -0.2) is 45.5 Å². The number of benzene rings is 1. The predicted molar refractivity (Wildman–Crippen MR) is 149 cm³/mol. The fraction of sp³-hybridized carbons (Fsp3) is 0.500. The van der Waals surface area contributed by atoms with E-state index in [-0.39, 0.29) is 48.2 Å². The maximum Gasteiger partial charge on any atom is 0.235 e. The van der Waals surface area contributed by atoms with E-state index in [4.69, 9.17) is 0 Å². The fourth-order valence-electron chi connectivity index (χ4n) is 7.38. The molecule has 206 valence electrons. The number of hydrogen-bond donors (Lipinski definition) is 3. The van der Waals surface area contributed by atoms with Crippen LogP contribution in [0.15, 0.2) is 54.3 Å². The highest BCUT2D eigenvalue weighted by Crippen LogP contribution is 2.56. The second-order valence-electron chi connectivity index (χ2n) is 11.9. The van der Waals surface area contributed by atoms with E-state index in [0.29, 0.717) is 18.4 Å². The molecule has 1 saturated carbocycles. The monoisotopic (exact) mass is 530 g/mol. The van der Waals surface area contributed by atoms with Gasteiger partial charge in [-0.2, -0.15) is 0 Å². The third kappa shape index (κ3) is 4.41. The van der Waals surface area contributed by atoms with Crippen molar-refractivity contribution in [2.75, 3.05) is 0 Å². The van der Waals surface area contributed by atoms with Crippen LogP contribution >= 0.6 is 0 Å². The minimum atomic E-state index is -1.57. The van der Waals surface area contributed by atoms with Gasteiger partial charge in [0.05, 0.1) is 5.92 Å². The Balaban J connectivity index is 1.60. The molecule has 3 N–H and O–H groups in total. The number of carbonyl (C=O) groups excluding carboxylic acids is 4. The van der Waals surface area contributed by atoms with E-state index >= 15 is 0 Å². The molecule has 8 unspecified atom stereocenters. The van der Waals surface area contributed by atoms with Crippen LogP contribution in [0, 0.1) is 35.0 Å². The lowest BCUT2D eigenvalue weighted by Crippen LogP contribution is -2.59. The number of Topliss-reactive ketones (excluding diaryl/α,β-unsaturated/α-hetero) is 3. The zero-order valence-electron chi connectivity index (χ0n) is 23.1. The number of aliphatic hydroxyl groups is 1. The first-order chi connectivity index (χ1) is 18.6. The van der Waals surface area contributed by atoms with Crippen molar-refractivity contribution in [1.29, 1.82) is 0 Å². The van der Waals surface area contributed by atoms with Gasteiger partial charge in [0.25, 0.3) is 0 Å². The number of aliphatic hydroxyl groups excluding tert-OH is 1. The number of fused-ring (bicyclic) bond motifs is 1. The van der Waals surface area contributed by atoms with Crippen molar-refractivity contribution in [2.24, 2.45) is 35.0 Å². The minimum absolute atomic E-state index is 0.0114. The third-order valence-electron chi connectivity index (χ3n) is 9.54. The first-order valence-electron chi connectivity index (χ1n) is 14.1. The second-order valence-corrected chi connectivity index (χ2v) is 11.9. The summed E-state index contributed by atoms with van der Waals surface area (Å²) in [6.45, 7) is 7.51. The van der Waals surface area contributed by atoms with E-state index in [1.807, 2.05) is 63.4 Å². The van der Waals surface area contributed by atoms with Crippen molar-refractivity contribution >= 4 is 34.2 Å². The number of amides is 1. The Morgan fingerprint density at radius 3 is 2.59 bits per heavy atom. The van der Waals surface area contributed by atoms with Crippen LogP contribution in [0.25, 0.3) is 10.9 Å². The largest absolute Gasteiger partial charge is 0.385 e. The van der Waals surface area contributed by atoms with Crippen molar-refractivity contribution < 1.29 is 24.3 Å². The lowest BCUT2D eigenvalue weighted by Gasteiger charge is -2.47. The highest BCUT2D eigenvalue weighted by Gasteiger charge is 2.68. The molecule has 2 fully saturated rings. The lowest BCUT2D eigenvalue weighted by molar-refractivity contribution is -0.158. The molecule has 5 rings (SSSR count). The van der Waals surface area contributed by atoms with Crippen molar-refractivity contribution in [3.05, 3.63) is 59.8 Å². The second kappa shape index (κ2) is 10.3. The van der Waals surface area contributed by atoms with Crippen molar-refractivity contribution in [1.82, 2.24) is 10.3 Å². The van der Waals surface area contributed by atoms with E-state index < -0.39 is 35.0 Å². The van der Waals surface area contributed by atoms with Gasteiger partial charge in [0.15, 0.2) is 5.78 Å². The Kier molecular flexibility index (Phi) is 7.23. The number of aromatic nitrogens is 1. The summed E-state index contributed by atoms with van der Waals surface area (Å²) in [6.07, 6.45) is 6.93. The minimum Gasteiger partial charge on any atom is -0.385 e. The quantitative estimate of drug-likeness (QED) is 0.399. The number of allylic oxidation sites excluding steroid dienone is 3. The fourth-order valence-corrected chi connectivity index (χ4v) is 7.38. The number of aromatic amines is 1. The molecule has 7 nitrogen and oxygen atoms in total. The Hall–Kier alpha value is -3.32. The molecule has 39 heavy (non-hydrogen) atoms. The Bertz CT molecular complexity index is 1390. The molecular weight excluding hydrogens is 492 g/mol. The molecule has 1 saturated heterocycles. The van der Waals surface area contributed by atoms with Gasteiger partial charge in [-0.1, -0.05) is 57.2 Å². The Morgan fingerprint density at radius 1 is 1.08 bits per heavy atom. The zero-order chi connectivity index (χ0) is 28.1. The van der Waals surface area contributed by atoms with Crippen LogP contribution in [-0.2, 0) is 25.6 Å². The van der Waals surface area contributed by atoms with Crippen LogP contribution in [0.3, 0.4) is 0 Å². The number of para-hydroxylation sites is 1. The van der Waals surface area contributed by atoms with Crippen LogP contribution in [0.2, 0.25) is 0 Å². The van der Waals surface area contributed by atoms with Gasteiger partial charge < -0.3 is 15.4 Å². The van der Waals surface area contributed by atoms with Crippen molar-refractivity contribution in [3.8, 4) is 0 Å². The molecule has 7 heteroatoms. The van der Waals surface area contributed by atoms with E-state index in [0.717, 1.165) is 16.5 Å². The van der Waals surface area contributed by atoms with Gasteiger partial charge in [-0.15, -0.1) is 0 Å². The number of carbonyl (C=O) groups is 4. The molecule has 1 aromatic carbocycles. The number of nitrogens with one attached hydrogen (secondary N) is 2. The van der Waals surface area contributed by atoms with Gasteiger partial charge in [-0.3, -0.25) is 19.2 Å². The summed E-state index contributed by atoms with van der Waals surface area (Å²) in [7, 11) is 0. The number of rotatable bonds is 2. The molecule has 0 radical (unpaired) electrons. The highest BCUT2D eigenvalue weighted by molar-refractivity contribution is 6.13. The molecule has 1 amide bonds. The van der Waals surface area contributed by atoms with Gasteiger partial charge in [-0.25, -0.2) is 0 Å². The van der Waals surface area contributed by atoms with Crippen LogP contribution in [0.5, 0.6) is 0 Å². The lowest BCUT2D eigenvalue weighted by atomic mass is 9.51. The van der Waals surface area contributed by atoms with E-state index in [9.17, 15) is 24.3 Å². The SMILES string of the molecule is CC1=CC(C)CC=CC2C(=O)C(C)C(C)C3C(Cc4c[nH]c5ccccc45)NC(=O)C23C(=O)CCC(O)C1=O. The van der Waals surface area contributed by atoms with Crippen molar-refractivity contribution in [3.63, 3.8) is 0 Å².